The van der Waals surface area contributed by atoms with Crippen LogP contribution in [0.2, 0.25) is 0 Å². The maximum Gasteiger partial charge on any atom is 0.106 e. The second kappa shape index (κ2) is 5.00. The number of nitrogens with one attached hydrogen (secondary N) is 1. The third-order valence-corrected chi connectivity index (χ3v) is 3.53. The fraction of sp³-hybridized carbons (Fsp3) is 0.235. The summed E-state index contributed by atoms with van der Waals surface area (Å²) in [4.78, 5) is 4.33. The Labute approximate surface area is 118 Å². The highest BCUT2D eigenvalue weighted by atomic mass is 16.3. The number of rotatable bonds is 3. The molecule has 1 N–H and O–H groups in total. The van der Waals surface area contributed by atoms with E-state index in [1.807, 2.05) is 32.2 Å². The highest BCUT2D eigenvalue weighted by molar-refractivity contribution is 5.82. The standard InChI is InChI=1S/C17H18N2O/c1-11-9-16(13(3)20-11)12(2)19-15-6-7-17-14(10-15)5-4-8-18-17/h4-10,12,19H,1-3H3. The number of furan rings is 1. The Morgan fingerprint density at radius 3 is 2.75 bits per heavy atom. The molecule has 0 radical (unpaired) electrons. The minimum atomic E-state index is 0.210. The van der Waals surface area contributed by atoms with Gasteiger partial charge in [-0.3, -0.25) is 4.98 Å². The SMILES string of the molecule is Cc1cc(C(C)Nc2ccc3ncccc3c2)c(C)o1. The molecule has 1 aromatic carbocycles. The van der Waals surface area contributed by atoms with Crippen LogP contribution in [0.1, 0.15) is 30.0 Å². The molecule has 0 bridgehead atoms. The number of hydrogen-bond donors (Lipinski definition) is 1. The summed E-state index contributed by atoms with van der Waals surface area (Å²) in [5.74, 6) is 1.93. The summed E-state index contributed by atoms with van der Waals surface area (Å²) < 4.78 is 5.59. The molecule has 0 spiro atoms. The van der Waals surface area contributed by atoms with Crippen molar-refractivity contribution in [2.45, 2.75) is 26.8 Å². The fourth-order valence-electron chi connectivity index (χ4n) is 2.57. The van der Waals surface area contributed by atoms with E-state index in [0.717, 1.165) is 28.1 Å². The van der Waals surface area contributed by atoms with Crippen LogP contribution in [0.3, 0.4) is 0 Å². The van der Waals surface area contributed by atoms with Crippen molar-refractivity contribution in [2.75, 3.05) is 5.32 Å². The number of pyridine rings is 1. The summed E-state index contributed by atoms with van der Waals surface area (Å²) in [5, 5.41) is 4.66. The Kier molecular flexibility index (Phi) is 3.18. The van der Waals surface area contributed by atoms with Gasteiger partial charge in [-0.05, 0) is 51.1 Å². The summed E-state index contributed by atoms with van der Waals surface area (Å²) in [6.45, 7) is 6.13. The van der Waals surface area contributed by atoms with E-state index in [0.29, 0.717) is 0 Å². The highest BCUT2D eigenvalue weighted by Crippen LogP contribution is 2.26. The first-order chi connectivity index (χ1) is 9.63. The van der Waals surface area contributed by atoms with Crippen molar-refractivity contribution in [3.63, 3.8) is 0 Å². The average molecular weight is 266 g/mol. The van der Waals surface area contributed by atoms with Crippen LogP contribution in [0.5, 0.6) is 0 Å². The first kappa shape index (κ1) is 12.7. The van der Waals surface area contributed by atoms with E-state index < -0.39 is 0 Å². The van der Waals surface area contributed by atoms with Gasteiger partial charge in [0, 0.05) is 22.8 Å². The van der Waals surface area contributed by atoms with E-state index in [2.05, 4.69) is 41.5 Å². The van der Waals surface area contributed by atoms with Crippen molar-refractivity contribution in [1.29, 1.82) is 0 Å². The molecule has 0 aliphatic rings. The number of fused-ring (bicyclic) bond motifs is 1. The molecule has 0 fully saturated rings. The van der Waals surface area contributed by atoms with Gasteiger partial charge in [0.2, 0.25) is 0 Å². The molecule has 102 valence electrons. The molecule has 1 unspecified atom stereocenters. The molecule has 0 saturated carbocycles. The Morgan fingerprint density at radius 2 is 2.00 bits per heavy atom. The van der Waals surface area contributed by atoms with Gasteiger partial charge in [0.15, 0.2) is 0 Å². The number of benzene rings is 1. The number of aryl methyl sites for hydroxylation is 2. The van der Waals surface area contributed by atoms with Crippen molar-refractivity contribution in [3.05, 3.63) is 59.7 Å². The molecule has 0 aliphatic carbocycles. The molecule has 20 heavy (non-hydrogen) atoms. The van der Waals surface area contributed by atoms with Gasteiger partial charge in [-0.1, -0.05) is 6.07 Å². The zero-order chi connectivity index (χ0) is 14.1. The molecule has 0 amide bonds. The first-order valence-corrected chi connectivity index (χ1v) is 6.82. The van der Waals surface area contributed by atoms with Crippen molar-refractivity contribution >= 4 is 16.6 Å². The molecule has 3 nitrogen and oxygen atoms in total. The number of hydrogen-bond acceptors (Lipinski definition) is 3. The number of anilines is 1. The van der Waals surface area contributed by atoms with Gasteiger partial charge in [-0.15, -0.1) is 0 Å². The van der Waals surface area contributed by atoms with E-state index in [1.165, 1.54) is 5.56 Å². The van der Waals surface area contributed by atoms with E-state index in [9.17, 15) is 0 Å². The van der Waals surface area contributed by atoms with Gasteiger partial charge >= 0.3 is 0 Å². The Bertz CT molecular complexity index is 746. The molecule has 1 atom stereocenters. The van der Waals surface area contributed by atoms with E-state index in [1.54, 1.807) is 0 Å². The smallest absolute Gasteiger partial charge is 0.106 e. The second-order valence-electron chi connectivity index (χ2n) is 5.15. The normalized spacial score (nSPS) is 12.6. The molecular formula is C17H18N2O. The summed E-state index contributed by atoms with van der Waals surface area (Å²) in [5.41, 5.74) is 3.31. The minimum Gasteiger partial charge on any atom is -0.466 e. The molecule has 2 heterocycles. The van der Waals surface area contributed by atoms with E-state index >= 15 is 0 Å². The van der Waals surface area contributed by atoms with Crippen LogP contribution in [-0.4, -0.2) is 4.98 Å². The lowest BCUT2D eigenvalue weighted by atomic mass is 10.1. The van der Waals surface area contributed by atoms with Crippen LogP contribution in [0, 0.1) is 13.8 Å². The third kappa shape index (κ3) is 2.39. The number of aromatic nitrogens is 1. The predicted octanol–water partition coefficient (Wildman–Crippen LogP) is 4.62. The van der Waals surface area contributed by atoms with Crippen molar-refractivity contribution < 1.29 is 4.42 Å². The lowest BCUT2D eigenvalue weighted by Crippen LogP contribution is -2.06. The van der Waals surface area contributed by atoms with Gasteiger partial charge in [-0.25, -0.2) is 0 Å². The lowest BCUT2D eigenvalue weighted by molar-refractivity contribution is 0.500. The summed E-state index contributed by atoms with van der Waals surface area (Å²) in [7, 11) is 0. The Balaban J connectivity index is 1.87. The van der Waals surface area contributed by atoms with Crippen LogP contribution in [0.15, 0.2) is 47.0 Å². The van der Waals surface area contributed by atoms with Crippen molar-refractivity contribution in [2.24, 2.45) is 0 Å². The largest absolute Gasteiger partial charge is 0.466 e. The monoisotopic (exact) mass is 266 g/mol. The summed E-state index contributed by atoms with van der Waals surface area (Å²) in [6.07, 6.45) is 1.82. The lowest BCUT2D eigenvalue weighted by Gasteiger charge is -2.15. The Morgan fingerprint density at radius 1 is 1.15 bits per heavy atom. The molecule has 0 saturated heterocycles. The predicted molar refractivity (Wildman–Crippen MR) is 82.0 cm³/mol. The summed E-state index contributed by atoms with van der Waals surface area (Å²) in [6, 6.07) is 12.6. The zero-order valence-electron chi connectivity index (χ0n) is 12.0. The van der Waals surface area contributed by atoms with Gasteiger partial charge in [-0.2, -0.15) is 0 Å². The first-order valence-electron chi connectivity index (χ1n) is 6.82. The van der Waals surface area contributed by atoms with Crippen LogP contribution in [0.4, 0.5) is 5.69 Å². The average Bonchev–Trinajstić information content (AvgIpc) is 2.78. The third-order valence-electron chi connectivity index (χ3n) is 3.53. The molecule has 3 heteroatoms. The van der Waals surface area contributed by atoms with E-state index in [4.69, 9.17) is 4.42 Å². The molecule has 3 rings (SSSR count). The van der Waals surface area contributed by atoms with E-state index in [-0.39, 0.29) is 6.04 Å². The Hall–Kier alpha value is -2.29. The quantitative estimate of drug-likeness (QED) is 0.751. The summed E-state index contributed by atoms with van der Waals surface area (Å²) >= 11 is 0. The number of nitrogens with zero attached hydrogens (tertiary/aromatic N) is 1. The molecule has 2 aromatic heterocycles. The molecule has 3 aromatic rings. The highest BCUT2D eigenvalue weighted by Gasteiger charge is 2.12. The van der Waals surface area contributed by atoms with Gasteiger partial charge in [0.05, 0.1) is 11.6 Å². The minimum absolute atomic E-state index is 0.210. The van der Waals surface area contributed by atoms with Crippen molar-refractivity contribution in [3.8, 4) is 0 Å². The zero-order valence-corrected chi connectivity index (χ0v) is 12.0. The van der Waals surface area contributed by atoms with Gasteiger partial charge < -0.3 is 9.73 Å². The van der Waals surface area contributed by atoms with Crippen LogP contribution in [-0.2, 0) is 0 Å². The topological polar surface area (TPSA) is 38.1 Å². The van der Waals surface area contributed by atoms with Crippen LogP contribution < -0.4 is 5.32 Å². The maximum absolute atomic E-state index is 5.59. The van der Waals surface area contributed by atoms with Crippen LogP contribution in [0.25, 0.3) is 10.9 Å². The molecule has 0 aliphatic heterocycles. The maximum atomic E-state index is 5.59. The van der Waals surface area contributed by atoms with Gasteiger partial charge in [0.1, 0.15) is 11.5 Å². The van der Waals surface area contributed by atoms with Crippen LogP contribution >= 0.6 is 0 Å². The molecular weight excluding hydrogens is 248 g/mol. The second-order valence-corrected chi connectivity index (χ2v) is 5.15. The van der Waals surface area contributed by atoms with Crippen molar-refractivity contribution in [1.82, 2.24) is 4.98 Å². The van der Waals surface area contributed by atoms with Gasteiger partial charge in [0.25, 0.3) is 0 Å². The fourth-order valence-corrected chi connectivity index (χ4v) is 2.57.